The molecule has 0 bridgehead atoms. The Morgan fingerprint density at radius 2 is 2.31 bits per heavy atom. The quantitative estimate of drug-likeness (QED) is 0.174. The summed E-state index contributed by atoms with van der Waals surface area (Å²) < 4.78 is 0. The zero-order valence-electron chi connectivity index (χ0n) is 6.77. The number of nitrogens with two attached hydrogens (primary N) is 2. The van der Waals surface area contributed by atoms with E-state index in [2.05, 4.69) is 4.98 Å². The van der Waals surface area contributed by atoms with Crippen molar-refractivity contribution in [2.45, 2.75) is 0 Å². The lowest BCUT2D eigenvalue weighted by Crippen LogP contribution is -2.46. The van der Waals surface area contributed by atoms with Crippen LogP contribution >= 0.6 is 0 Å². The Hall–Kier alpha value is -1.95. The van der Waals surface area contributed by atoms with Crippen molar-refractivity contribution in [3.63, 3.8) is 0 Å². The standard InChI is InChI=1S/C7H9N5O/c8-7(9)12(10)6(13)5-2-1-3-11-4-5/h1-4H,10H2,(H3,8,9). The molecule has 13 heavy (non-hydrogen) atoms. The fourth-order valence-electron chi connectivity index (χ4n) is 0.738. The summed E-state index contributed by atoms with van der Waals surface area (Å²) >= 11 is 0. The second-order valence-corrected chi connectivity index (χ2v) is 2.30. The van der Waals surface area contributed by atoms with Gasteiger partial charge in [0.15, 0.2) is 0 Å². The summed E-state index contributed by atoms with van der Waals surface area (Å²) in [6.07, 6.45) is 2.89. The van der Waals surface area contributed by atoms with Crippen molar-refractivity contribution in [2.75, 3.05) is 0 Å². The highest BCUT2D eigenvalue weighted by atomic mass is 16.2. The number of pyridine rings is 1. The Kier molecular flexibility index (Phi) is 2.56. The molecule has 1 rings (SSSR count). The minimum atomic E-state index is -0.555. The highest BCUT2D eigenvalue weighted by molar-refractivity contribution is 6.03. The summed E-state index contributed by atoms with van der Waals surface area (Å²) in [7, 11) is 0. The van der Waals surface area contributed by atoms with Gasteiger partial charge in [-0.05, 0) is 12.1 Å². The molecule has 6 heteroatoms. The Morgan fingerprint density at radius 3 is 2.77 bits per heavy atom. The number of aromatic nitrogens is 1. The average molecular weight is 179 g/mol. The molecule has 0 saturated carbocycles. The van der Waals surface area contributed by atoms with Gasteiger partial charge in [-0.3, -0.25) is 15.2 Å². The molecule has 0 aliphatic carbocycles. The molecule has 0 atom stereocenters. The molecule has 1 aromatic heterocycles. The SMILES string of the molecule is N=C(N)N(N)C(=O)c1cccnc1. The van der Waals surface area contributed by atoms with E-state index in [0.29, 0.717) is 10.6 Å². The van der Waals surface area contributed by atoms with Gasteiger partial charge in [-0.15, -0.1) is 0 Å². The molecule has 6 nitrogen and oxygen atoms in total. The van der Waals surface area contributed by atoms with Gasteiger partial charge in [-0.1, -0.05) is 0 Å². The number of nitrogens with zero attached hydrogens (tertiary/aromatic N) is 2. The maximum absolute atomic E-state index is 11.3. The molecule has 0 aromatic carbocycles. The molecule has 1 amide bonds. The van der Waals surface area contributed by atoms with Gasteiger partial charge in [0, 0.05) is 12.4 Å². The first kappa shape index (κ1) is 9.14. The molecule has 1 heterocycles. The molecule has 5 N–H and O–H groups in total. The minimum absolute atomic E-state index is 0.292. The molecule has 0 aliphatic heterocycles. The number of guanidine groups is 1. The molecular formula is C7H9N5O. The van der Waals surface area contributed by atoms with E-state index in [0.717, 1.165) is 0 Å². The number of carbonyl (C=O) groups excluding carboxylic acids is 1. The number of hydrazine groups is 1. The third-order valence-corrected chi connectivity index (χ3v) is 1.39. The van der Waals surface area contributed by atoms with Gasteiger partial charge < -0.3 is 5.73 Å². The lowest BCUT2D eigenvalue weighted by Gasteiger charge is -2.12. The third kappa shape index (κ3) is 2.00. The Balaban J connectivity index is 2.86. The monoisotopic (exact) mass is 179 g/mol. The lowest BCUT2D eigenvalue weighted by atomic mass is 10.3. The van der Waals surface area contributed by atoms with E-state index in [1.807, 2.05) is 0 Å². The first-order chi connectivity index (χ1) is 6.13. The third-order valence-electron chi connectivity index (χ3n) is 1.39. The van der Waals surface area contributed by atoms with E-state index >= 15 is 0 Å². The fraction of sp³-hybridized carbons (Fsp3) is 0. The normalized spacial score (nSPS) is 9.31. The van der Waals surface area contributed by atoms with Crippen molar-refractivity contribution in [3.8, 4) is 0 Å². The van der Waals surface area contributed by atoms with E-state index in [9.17, 15) is 4.79 Å². The summed E-state index contributed by atoms with van der Waals surface area (Å²) in [4.78, 5) is 15.1. The van der Waals surface area contributed by atoms with Crippen molar-refractivity contribution >= 4 is 11.9 Å². The van der Waals surface area contributed by atoms with Gasteiger partial charge in [-0.25, -0.2) is 10.9 Å². The summed E-state index contributed by atoms with van der Waals surface area (Å²) in [6.45, 7) is 0. The fourth-order valence-corrected chi connectivity index (χ4v) is 0.738. The Bertz CT molecular complexity index is 323. The number of hydrogen-bond acceptors (Lipinski definition) is 4. The highest BCUT2D eigenvalue weighted by Crippen LogP contribution is 1.98. The molecule has 0 aliphatic rings. The summed E-state index contributed by atoms with van der Waals surface area (Å²) in [5, 5.41) is 7.47. The zero-order chi connectivity index (χ0) is 9.84. The molecule has 0 spiro atoms. The smallest absolute Gasteiger partial charge is 0.276 e. The van der Waals surface area contributed by atoms with Gasteiger partial charge in [0.05, 0.1) is 5.56 Å². The summed E-state index contributed by atoms with van der Waals surface area (Å²) in [5.74, 6) is 4.14. The van der Waals surface area contributed by atoms with Gasteiger partial charge in [0.2, 0.25) is 5.96 Å². The van der Waals surface area contributed by atoms with Crippen LogP contribution in [0.5, 0.6) is 0 Å². The van der Waals surface area contributed by atoms with Crippen LogP contribution in [-0.2, 0) is 0 Å². The molecule has 68 valence electrons. The number of rotatable bonds is 1. The predicted molar refractivity (Wildman–Crippen MR) is 46.5 cm³/mol. The van der Waals surface area contributed by atoms with Gasteiger partial charge in [0.1, 0.15) is 0 Å². The van der Waals surface area contributed by atoms with Crippen molar-refractivity contribution in [3.05, 3.63) is 30.1 Å². The molecule has 0 saturated heterocycles. The predicted octanol–water partition coefficient (Wildman–Crippen LogP) is -0.709. The van der Waals surface area contributed by atoms with Crippen molar-refractivity contribution in [2.24, 2.45) is 11.6 Å². The second kappa shape index (κ2) is 3.63. The van der Waals surface area contributed by atoms with Crippen LogP contribution in [0.4, 0.5) is 0 Å². The first-order valence-corrected chi connectivity index (χ1v) is 3.46. The van der Waals surface area contributed by atoms with Crippen molar-refractivity contribution < 1.29 is 4.79 Å². The van der Waals surface area contributed by atoms with Crippen LogP contribution < -0.4 is 11.6 Å². The highest BCUT2D eigenvalue weighted by Gasteiger charge is 2.13. The minimum Gasteiger partial charge on any atom is -0.369 e. The molecular weight excluding hydrogens is 170 g/mol. The van der Waals surface area contributed by atoms with Crippen LogP contribution in [0.3, 0.4) is 0 Å². The number of nitrogens with one attached hydrogen (secondary N) is 1. The Labute approximate surface area is 74.6 Å². The van der Waals surface area contributed by atoms with Crippen LogP contribution in [0, 0.1) is 5.41 Å². The van der Waals surface area contributed by atoms with Gasteiger partial charge >= 0.3 is 0 Å². The maximum atomic E-state index is 11.3. The van der Waals surface area contributed by atoms with E-state index in [1.54, 1.807) is 6.07 Å². The molecule has 1 aromatic rings. The van der Waals surface area contributed by atoms with E-state index < -0.39 is 11.9 Å². The second-order valence-electron chi connectivity index (χ2n) is 2.30. The number of hydrogen-bond donors (Lipinski definition) is 3. The van der Waals surface area contributed by atoms with E-state index in [4.69, 9.17) is 17.0 Å². The Morgan fingerprint density at radius 1 is 1.62 bits per heavy atom. The zero-order valence-corrected chi connectivity index (χ0v) is 6.77. The number of amides is 1. The van der Waals surface area contributed by atoms with Crippen molar-refractivity contribution in [1.82, 2.24) is 9.99 Å². The van der Waals surface area contributed by atoms with Crippen LogP contribution in [0.15, 0.2) is 24.5 Å². The van der Waals surface area contributed by atoms with E-state index in [1.165, 1.54) is 18.5 Å². The topological polar surface area (TPSA) is 109 Å². The van der Waals surface area contributed by atoms with Crippen molar-refractivity contribution in [1.29, 1.82) is 5.41 Å². The lowest BCUT2D eigenvalue weighted by molar-refractivity contribution is 0.0844. The maximum Gasteiger partial charge on any atom is 0.276 e. The largest absolute Gasteiger partial charge is 0.369 e. The van der Waals surface area contributed by atoms with Crippen LogP contribution in [0.25, 0.3) is 0 Å². The molecule has 0 radical (unpaired) electrons. The average Bonchev–Trinajstić information content (AvgIpc) is 2.17. The number of carbonyl (C=O) groups is 1. The first-order valence-electron chi connectivity index (χ1n) is 3.46. The molecule has 0 fully saturated rings. The van der Waals surface area contributed by atoms with Crippen LogP contribution in [0.2, 0.25) is 0 Å². The summed E-state index contributed by atoms with van der Waals surface area (Å²) in [6, 6.07) is 3.14. The van der Waals surface area contributed by atoms with Crippen LogP contribution in [-0.4, -0.2) is 21.9 Å². The summed E-state index contributed by atoms with van der Waals surface area (Å²) in [5.41, 5.74) is 5.31. The van der Waals surface area contributed by atoms with Gasteiger partial charge in [-0.2, -0.15) is 0 Å². The van der Waals surface area contributed by atoms with Gasteiger partial charge in [0.25, 0.3) is 5.91 Å². The van der Waals surface area contributed by atoms with Crippen LogP contribution in [0.1, 0.15) is 10.4 Å². The van der Waals surface area contributed by atoms with E-state index in [-0.39, 0.29) is 0 Å². The molecule has 0 unspecified atom stereocenters.